The number of amides is 1. The smallest absolute Gasteiger partial charge is 0.226 e. The van der Waals surface area contributed by atoms with Crippen molar-refractivity contribution in [3.63, 3.8) is 0 Å². The van der Waals surface area contributed by atoms with Gasteiger partial charge in [-0.25, -0.2) is 4.98 Å². The molecule has 0 unspecified atom stereocenters. The molecule has 3 fully saturated rings. The second-order valence-electron chi connectivity index (χ2n) is 6.62. The summed E-state index contributed by atoms with van der Waals surface area (Å²) in [6.07, 6.45) is 4.09. The maximum absolute atomic E-state index is 12.2. The number of ether oxygens (including phenoxy) is 1. The first kappa shape index (κ1) is 13.4. The Morgan fingerprint density at radius 1 is 1.48 bits per heavy atom. The number of carbonyl (C=O) groups excluding carboxylic acids is 1. The van der Waals surface area contributed by atoms with Crippen LogP contribution in [0.2, 0.25) is 0 Å². The summed E-state index contributed by atoms with van der Waals surface area (Å²) >= 11 is 1.97. The Bertz CT molecular complexity index is 544. The van der Waals surface area contributed by atoms with Crippen LogP contribution in [0.5, 0.6) is 5.88 Å². The van der Waals surface area contributed by atoms with E-state index in [0.717, 1.165) is 31.7 Å². The van der Waals surface area contributed by atoms with Crippen molar-refractivity contribution in [3.8, 4) is 5.88 Å². The van der Waals surface area contributed by atoms with Crippen LogP contribution in [-0.2, 0) is 4.79 Å². The molecule has 4 rings (SSSR count). The van der Waals surface area contributed by atoms with Crippen molar-refractivity contribution in [2.24, 2.45) is 11.8 Å². The van der Waals surface area contributed by atoms with Crippen LogP contribution in [0.1, 0.15) is 19.8 Å². The standard InChI is InChI=1S/C16H20N2O2S/c1-11-6-13(11)15(19)18-9-16(10-18)7-12(8-21-16)20-14-4-2-3-5-17-14/h2-5,11-13H,6-10H2,1H3/t11-,12+,13-/m1/s1. The molecule has 0 radical (unpaired) electrons. The van der Waals surface area contributed by atoms with Crippen LogP contribution in [0.3, 0.4) is 0 Å². The molecule has 3 atom stereocenters. The largest absolute Gasteiger partial charge is 0.473 e. The Morgan fingerprint density at radius 3 is 2.95 bits per heavy atom. The summed E-state index contributed by atoms with van der Waals surface area (Å²) in [5.74, 6) is 3.00. The highest BCUT2D eigenvalue weighted by Gasteiger charge is 2.54. The van der Waals surface area contributed by atoms with Crippen molar-refractivity contribution in [2.75, 3.05) is 18.8 Å². The molecule has 3 aliphatic rings. The molecule has 1 spiro atoms. The molecule has 0 bridgehead atoms. The number of likely N-dealkylation sites (tertiary alicyclic amines) is 1. The van der Waals surface area contributed by atoms with Gasteiger partial charge in [0, 0.05) is 43.4 Å². The van der Waals surface area contributed by atoms with Crippen molar-refractivity contribution in [3.05, 3.63) is 24.4 Å². The van der Waals surface area contributed by atoms with Gasteiger partial charge in [-0.3, -0.25) is 4.79 Å². The Balaban J connectivity index is 1.30. The summed E-state index contributed by atoms with van der Waals surface area (Å²) in [5, 5.41) is 0. The lowest BCUT2D eigenvalue weighted by molar-refractivity contribution is -0.138. The minimum Gasteiger partial charge on any atom is -0.473 e. The van der Waals surface area contributed by atoms with E-state index in [9.17, 15) is 4.79 Å². The van der Waals surface area contributed by atoms with E-state index in [1.807, 2.05) is 34.9 Å². The van der Waals surface area contributed by atoms with Gasteiger partial charge in [0.15, 0.2) is 0 Å². The first-order valence-electron chi connectivity index (χ1n) is 7.66. The molecular formula is C16H20N2O2S. The van der Waals surface area contributed by atoms with Gasteiger partial charge in [-0.15, -0.1) is 11.8 Å². The van der Waals surface area contributed by atoms with Gasteiger partial charge >= 0.3 is 0 Å². The molecule has 2 aliphatic heterocycles. The van der Waals surface area contributed by atoms with E-state index in [1.54, 1.807) is 6.20 Å². The maximum atomic E-state index is 12.2. The number of pyridine rings is 1. The zero-order chi connectivity index (χ0) is 14.4. The normalized spacial score (nSPS) is 32.8. The number of hydrogen-bond donors (Lipinski definition) is 0. The number of rotatable bonds is 3. The Morgan fingerprint density at radius 2 is 2.29 bits per heavy atom. The van der Waals surface area contributed by atoms with Crippen molar-refractivity contribution in [2.45, 2.75) is 30.6 Å². The van der Waals surface area contributed by atoms with Crippen molar-refractivity contribution in [1.29, 1.82) is 0 Å². The van der Waals surface area contributed by atoms with Crippen LogP contribution in [-0.4, -0.2) is 45.5 Å². The summed E-state index contributed by atoms with van der Waals surface area (Å²) < 4.78 is 6.19. The Kier molecular flexibility index (Phi) is 3.14. The minimum absolute atomic E-state index is 0.224. The summed E-state index contributed by atoms with van der Waals surface area (Å²) in [6.45, 7) is 3.97. The van der Waals surface area contributed by atoms with Crippen LogP contribution in [0, 0.1) is 11.8 Å². The van der Waals surface area contributed by atoms with Crippen LogP contribution < -0.4 is 4.74 Å². The molecule has 5 heteroatoms. The molecule has 4 nitrogen and oxygen atoms in total. The first-order valence-corrected chi connectivity index (χ1v) is 8.64. The van der Waals surface area contributed by atoms with Crippen molar-refractivity contribution < 1.29 is 9.53 Å². The third-order valence-electron chi connectivity index (χ3n) is 4.80. The van der Waals surface area contributed by atoms with Gasteiger partial charge in [-0.2, -0.15) is 0 Å². The summed E-state index contributed by atoms with van der Waals surface area (Å²) in [6, 6.07) is 5.74. The zero-order valence-electron chi connectivity index (χ0n) is 12.2. The molecule has 1 saturated carbocycles. The predicted octanol–water partition coefficient (Wildman–Crippen LogP) is 2.20. The van der Waals surface area contributed by atoms with Crippen LogP contribution in [0.15, 0.2) is 24.4 Å². The van der Waals surface area contributed by atoms with E-state index in [1.165, 1.54) is 0 Å². The fourth-order valence-corrected chi connectivity index (χ4v) is 4.92. The highest BCUT2D eigenvalue weighted by Crippen LogP contribution is 2.48. The van der Waals surface area contributed by atoms with E-state index in [4.69, 9.17) is 4.74 Å². The van der Waals surface area contributed by atoms with Gasteiger partial charge in [0.2, 0.25) is 11.8 Å². The van der Waals surface area contributed by atoms with Crippen molar-refractivity contribution in [1.82, 2.24) is 9.88 Å². The van der Waals surface area contributed by atoms with E-state index in [0.29, 0.717) is 23.6 Å². The number of thioether (sulfide) groups is 1. The first-order chi connectivity index (χ1) is 10.2. The van der Waals surface area contributed by atoms with Crippen LogP contribution in [0.25, 0.3) is 0 Å². The molecule has 1 amide bonds. The molecular weight excluding hydrogens is 284 g/mol. The minimum atomic E-state index is 0.224. The number of aromatic nitrogens is 1. The molecule has 1 aliphatic carbocycles. The molecule has 3 heterocycles. The second-order valence-corrected chi connectivity index (χ2v) is 8.11. The van der Waals surface area contributed by atoms with E-state index in [2.05, 4.69) is 11.9 Å². The Hall–Kier alpha value is -1.23. The summed E-state index contributed by atoms with van der Waals surface area (Å²) in [7, 11) is 0. The fourth-order valence-electron chi connectivity index (χ4n) is 3.39. The molecule has 1 aromatic rings. The molecule has 21 heavy (non-hydrogen) atoms. The molecule has 1 aromatic heterocycles. The second kappa shape index (κ2) is 4.90. The van der Waals surface area contributed by atoms with Gasteiger partial charge in [0.1, 0.15) is 6.10 Å². The highest BCUT2D eigenvalue weighted by molar-refractivity contribution is 8.01. The van der Waals surface area contributed by atoms with Gasteiger partial charge in [-0.1, -0.05) is 13.0 Å². The van der Waals surface area contributed by atoms with Gasteiger partial charge < -0.3 is 9.64 Å². The number of hydrogen-bond acceptors (Lipinski definition) is 4. The van der Waals surface area contributed by atoms with Crippen LogP contribution >= 0.6 is 11.8 Å². The van der Waals surface area contributed by atoms with Crippen LogP contribution in [0.4, 0.5) is 0 Å². The zero-order valence-corrected chi connectivity index (χ0v) is 13.0. The third-order valence-corrected chi connectivity index (χ3v) is 6.37. The van der Waals surface area contributed by atoms with Gasteiger partial charge in [-0.05, 0) is 18.4 Å². The lowest BCUT2D eigenvalue weighted by atomic mass is 9.92. The van der Waals surface area contributed by atoms with E-state index in [-0.39, 0.29) is 10.9 Å². The molecule has 2 saturated heterocycles. The van der Waals surface area contributed by atoms with E-state index < -0.39 is 0 Å². The summed E-state index contributed by atoms with van der Waals surface area (Å²) in [5.41, 5.74) is 0. The number of nitrogens with zero attached hydrogens (tertiary/aromatic N) is 2. The monoisotopic (exact) mass is 304 g/mol. The highest BCUT2D eigenvalue weighted by atomic mass is 32.2. The molecule has 112 valence electrons. The quantitative estimate of drug-likeness (QED) is 0.858. The predicted molar refractivity (Wildman–Crippen MR) is 82.3 cm³/mol. The lowest BCUT2D eigenvalue weighted by Gasteiger charge is -2.47. The summed E-state index contributed by atoms with van der Waals surface area (Å²) in [4.78, 5) is 18.5. The number of carbonyl (C=O) groups is 1. The average Bonchev–Trinajstić information content (AvgIpc) is 3.03. The lowest BCUT2D eigenvalue weighted by Crippen LogP contribution is -2.61. The van der Waals surface area contributed by atoms with Gasteiger partial charge in [0.05, 0.1) is 4.75 Å². The average molecular weight is 304 g/mol. The third kappa shape index (κ3) is 2.52. The Labute approximate surface area is 129 Å². The van der Waals surface area contributed by atoms with E-state index >= 15 is 0 Å². The molecule has 0 aromatic carbocycles. The fraction of sp³-hybridized carbons (Fsp3) is 0.625. The maximum Gasteiger partial charge on any atom is 0.226 e. The van der Waals surface area contributed by atoms with Gasteiger partial charge in [0.25, 0.3) is 0 Å². The topological polar surface area (TPSA) is 42.4 Å². The van der Waals surface area contributed by atoms with Crippen molar-refractivity contribution >= 4 is 17.7 Å². The SMILES string of the molecule is C[C@@H]1C[C@H]1C(=O)N1CC2(C[C@H](Oc3ccccn3)CS2)C1. The molecule has 0 N–H and O–H groups in total.